The quantitative estimate of drug-likeness (QED) is 0.655. The second-order valence-electron chi connectivity index (χ2n) is 7.60. The van der Waals surface area contributed by atoms with Crippen LogP contribution in [0.4, 0.5) is 24.5 Å². The highest BCUT2D eigenvalue weighted by atomic mass is 35.5. The number of alkyl halides is 3. The van der Waals surface area contributed by atoms with Crippen molar-refractivity contribution < 1.29 is 32.3 Å². The molecule has 2 aromatic rings. The number of carbonyl (C=O) groups is 3. The Labute approximate surface area is 187 Å². The molecular weight excluding hydrogens is 449 g/mol. The molecule has 1 aliphatic rings. The molecule has 1 fully saturated rings. The summed E-state index contributed by atoms with van der Waals surface area (Å²) in [5.74, 6) is -2.59. The third kappa shape index (κ3) is 5.59. The van der Waals surface area contributed by atoms with Gasteiger partial charge in [0.2, 0.25) is 5.91 Å². The van der Waals surface area contributed by atoms with Crippen LogP contribution in [0.25, 0.3) is 0 Å². The number of rotatable bonds is 5. The number of esters is 1. The molecule has 1 aliphatic heterocycles. The number of ether oxygens (including phenoxy) is 1. The molecule has 3 rings (SSSR count). The van der Waals surface area contributed by atoms with Gasteiger partial charge in [-0.25, -0.2) is 0 Å². The van der Waals surface area contributed by atoms with E-state index in [9.17, 15) is 27.6 Å². The van der Waals surface area contributed by atoms with Crippen molar-refractivity contribution in [2.45, 2.75) is 26.4 Å². The summed E-state index contributed by atoms with van der Waals surface area (Å²) < 4.78 is 43.5. The van der Waals surface area contributed by atoms with E-state index in [-0.39, 0.29) is 29.6 Å². The van der Waals surface area contributed by atoms with E-state index in [1.54, 1.807) is 0 Å². The lowest BCUT2D eigenvalue weighted by Gasteiger charge is -2.18. The van der Waals surface area contributed by atoms with E-state index in [1.165, 1.54) is 4.90 Å². The maximum Gasteiger partial charge on any atom is 0.416 e. The van der Waals surface area contributed by atoms with Gasteiger partial charge in [0, 0.05) is 18.7 Å². The van der Waals surface area contributed by atoms with E-state index in [2.05, 4.69) is 5.32 Å². The van der Waals surface area contributed by atoms with Gasteiger partial charge in [0.1, 0.15) is 0 Å². The molecule has 1 saturated heterocycles. The molecule has 1 heterocycles. The first kappa shape index (κ1) is 23.6. The molecule has 10 heteroatoms. The third-order valence-electron chi connectivity index (χ3n) is 4.89. The van der Waals surface area contributed by atoms with Gasteiger partial charge in [-0.1, -0.05) is 17.7 Å². The van der Waals surface area contributed by atoms with E-state index in [4.69, 9.17) is 16.3 Å². The first-order chi connectivity index (χ1) is 14.9. The van der Waals surface area contributed by atoms with Crippen LogP contribution in [0.5, 0.6) is 0 Å². The highest BCUT2D eigenvalue weighted by Crippen LogP contribution is 2.34. The first-order valence-corrected chi connectivity index (χ1v) is 10.0. The number of amides is 2. The summed E-state index contributed by atoms with van der Waals surface area (Å²) in [4.78, 5) is 38.3. The van der Waals surface area contributed by atoms with Crippen molar-refractivity contribution >= 4 is 40.8 Å². The molecule has 0 unspecified atom stereocenters. The summed E-state index contributed by atoms with van der Waals surface area (Å²) in [7, 11) is 0. The Morgan fingerprint density at radius 3 is 2.44 bits per heavy atom. The van der Waals surface area contributed by atoms with Crippen LogP contribution in [0, 0.1) is 19.8 Å². The minimum Gasteiger partial charge on any atom is -0.455 e. The number of carbonyl (C=O) groups excluding carboxylic acids is 3. The Kier molecular flexibility index (Phi) is 6.78. The van der Waals surface area contributed by atoms with Crippen LogP contribution in [0.15, 0.2) is 36.4 Å². The predicted molar refractivity (Wildman–Crippen MR) is 112 cm³/mol. The summed E-state index contributed by atoms with van der Waals surface area (Å²) in [6, 6.07) is 8.13. The fourth-order valence-corrected chi connectivity index (χ4v) is 3.62. The van der Waals surface area contributed by atoms with Crippen molar-refractivity contribution in [1.29, 1.82) is 0 Å². The monoisotopic (exact) mass is 468 g/mol. The maximum atomic E-state index is 12.8. The van der Waals surface area contributed by atoms with Crippen molar-refractivity contribution in [3.05, 3.63) is 58.1 Å². The number of halogens is 4. The number of anilines is 2. The standard InChI is InChI=1S/C22H20ClF3N2O4/c1-12-5-13(2)7-16(6-12)28-10-14(8-20(28)30)21(31)32-11-19(29)27-18-9-15(22(24,25)26)3-4-17(18)23/h3-7,9,14H,8,10-11H2,1-2H3,(H,27,29)/t14-/m1/s1. The summed E-state index contributed by atoms with van der Waals surface area (Å²) >= 11 is 5.84. The molecule has 1 atom stereocenters. The van der Waals surface area contributed by atoms with Gasteiger partial charge in [0.25, 0.3) is 5.91 Å². The number of benzene rings is 2. The number of hydrogen-bond donors (Lipinski definition) is 1. The van der Waals surface area contributed by atoms with E-state index in [0.29, 0.717) is 11.8 Å². The maximum absolute atomic E-state index is 12.8. The molecule has 0 radical (unpaired) electrons. The van der Waals surface area contributed by atoms with Gasteiger partial charge >= 0.3 is 12.1 Å². The summed E-state index contributed by atoms with van der Waals surface area (Å²) in [6.07, 6.45) is -4.67. The van der Waals surface area contributed by atoms with Crippen molar-refractivity contribution in [3.63, 3.8) is 0 Å². The number of nitrogens with one attached hydrogen (secondary N) is 1. The summed E-state index contributed by atoms with van der Waals surface area (Å²) in [6.45, 7) is 3.19. The van der Waals surface area contributed by atoms with Gasteiger partial charge in [0.15, 0.2) is 6.61 Å². The molecule has 170 valence electrons. The Morgan fingerprint density at radius 2 is 1.81 bits per heavy atom. The van der Waals surface area contributed by atoms with Crippen LogP contribution < -0.4 is 10.2 Å². The molecule has 0 aromatic heterocycles. The van der Waals surface area contributed by atoms with Crippen LogP contribution in [0.3, 0.4) is 0 Å². The zero-order valence-corrected chi connectivity index (χ0v) is 18.0. The lowest BCUT2D eigenvalue weighted by atomic mass is 10.1. The Bertz CT molecular complexity index is 1050. The molecule has 0 saturated carbocycles. The molecule has 0 spiro atoms. The van der Waals surface area contributed by atoms with Gasteiger partial charge in [-0.05, 0) is 55.3 Å². The molecule has 0 aliphatic carbocycles. The molecule has 2 aromatic carbocycles. The largest absolute Gasteiger partial charge is 0.455 e. The average Bonchev–Trinajstić information content (AvgIpc) is 3.08. The predicted octanol–water partition coefficient (Wildman–Crippen LogP) is 4.51. The zero-order chi connectivity index (χ0) is 23.6. The van der Waals surface area contributed by atoms with Gasteiger partial charge in [-0.2, -0.15) is 13.2 Å². The number of hydrogen-bond acceptors (Lipinski definition) is 4. The fourth-order valence-electron chi connectivity index (χ4n) is 3.46. The molecule has 6 nitrogen and oxygen atoms in total. The van der Waals surface area contributed by atoms with Crippen LogP contribution in [0.2, 0.25) is 5.02 Å². The van der Waals surface area contributed by atoms with Crippen LogP contribution in [-0.4, -0.2) is 30.9 Å². The van der Waals surface area contributed by atoms with Crippen LogP contribution in [-0.2, 0) is 25.3 Å². The number of nitrogens with zero attached hydrogens (tertiary/aromatic N) is 1. The molecule has 0 bridgehead atoms. The minimum absolute atomic E-state index is 0.0626. The van der Waals surface area contributed by atoms with Gasteiger partial charge in [0.05, 0.1) is 22.2 Å². The van der Waals surface area contributed by atoms with Gasteiger partial charge in [-0.15, -0.1) is 0 Å². The highest BCUT2D eigenvalue weighted by molar-refractivity contribution is 6.33. The van der Waals surface area contributed by atoms with Crippen LogP contribution in [0.1, 0.15) is 23.1 Å². The Morgan fingerprint density at radius 1 is 1.16 bits per heavy atom. The lowest BCUT2D eigenvalue weighted by molar-refractivity contribution is -0.151. The second kappa shape index (κ2) is 9.20. The van der Waals surface area contributed by atoms with Crippen molar-refractivity contribution in [1.82, 2.24) is 0 Å². The lowest BCUT2D eigenvalue weighted by Crippen LogP contribution is -2.28. The van der Waals surface area contributed by atoms with E-state index in [1.807, 2.05) is 32.0 Å². The normalized spacial score (nSPS) is 16.2. The average molecular weight is 469 g/mol. The summed E-state index contributed by atoms with van der Waals surface area (Å²) in [5.41, 5.74) is 1.40. The highest BCUT2D eigenvalue weighted by Gasteiger charge is 2.36. The first-order valence-electron chi connectivity index (χ1n) is 9.66. The Hall–Kier alpha value is -3.07. The molecule has 32 heavy (non-hydrogen) atoms. The fraction of sp³-hybridized carbons (Fsp3) is 0.318. The van der Waals surface area contributed by atoms with E-state index >= 15 is 0 Å². The SMILES string of the molecule is Cc1cc(C)cc(N2C[C@H](C(=O)OCC(=O)Nc3cc(C(F)(F)F)ccc3Cl)CC2=O)c1. The van der Waals surface area contributed by atoms with Crippen molar-refractivity contribution in [2.75, 3.05) is 23.4 Å². The van der Waals surface area contributed by atoms with Crippen molar-refractivity contribution in [2.24, 2.45) is 5.92 Å². The Balaban J connectivity index is 1.58. The molecule has 2 amide bonds. The van der Waals surface area contributed by atoms with E-state index in [0.717, 1.165) is 23.3 Å². The molecule has 1 N–H and O–H groups in total. The van der Waals surface area contributed by atoms with Gasteiger partial charge < -0.3 is 15.0 Å². The smallest absolute Gasteiger partial charge is 0.416 e. The third-order valence-corrected chi connectivity index (χ3v) is 5.22. The number of aryl methyl sites for hydroxylation is 2. The minimum atomic E-state index is -4.60. The van der Waals surface area contributed by atoms with Crippen molar-refractivity contribution in [3.8, 4) is 0 Å². The topological polar surface area (TPSA) is 75.7 Å². The van der Waals surface area contributed by atoms with E-state index < -0.39 is 36.1 Å². The van der Waals surface area contributed by atoms with Crippen LogP contribution >= 0.6 is 11.6 Å². The molecular formula is C22H20ClF3N2O4. The second-order valence-corrected chi connectivity index (χ2v) is 8.01. The van der Waals surface area contributed by atoms with Gasteiger partial charge in [-0.3, -0.25) is 14.4 Å². The zero-order valence-electron chi connectivity index (χ0n) is 17.3. The summed E-state index contributed by atoms with van der Waals surface area (Å²) in [5, 5.41) is 2.10.